The maximum Gasteiger partial charge on any atom is 0.338 e. The van der Waals surface area contributed by atoms with Gasteiger partial charge in [-0.3, -0.25) is 0 Å². The summed E-state index contributed by atoms with van der Waals surface area (Å²) >= 11 is 0. The molecule has 1 aliphatic heterocycles. The van der Waals surface area contributed by atoms with Gasteiger partial charge in [0.05, 0.1) is 12.7 Å². The third kappa shape index (κ3) is 2.73. The number of carbonyl (C=O) groups excluding carboxylic acids is 1. The van der Waals surface area contributed by atoms with Crippen LogP contribution in [0.2, 0.25) is 0 Å². The Bertz CT molecular complexity index is 812. The van der Waals surface area contributed by atoms with Crippen molar-refractivity contribution in [3.8, 4) is 5.75 Å². The van der Waals surface area contributed by atoms with Gasteiger partial charge < -0.3 is 14.8 Å². The van der Waals surface area contributed by atoms with Crippen LogP contribution in [0.5, 0.6) is 5.75 Å². The predicted molar refractivity (Wildman–Crippen MR) is 86.4 cm³/mol. The van der Waals surface area contributed by atoms with E-state index >= 15 is 0 Å². The molecule has 0 amide bonds. The maximum atomic E-state index is 12.6. The predicted octanol–water partition coefficient (Wildman–Crippen LogP) is 1.70. The van der Waals surface area contributed by atoms with Crippen LogP contribution < -0.4 is 10.1 Å². The number of carbonyl (C=O) groups is 1. The SMILES string of the molecule is C=CCOC(=O)C1=C(C)Nc2nnnn2C1c1cccc(OC)c1. The molecule has 1 aromatic carbocycles. The van der Waals surface area contributed by atoms with Crippen molar-refractivity contribution in [1.29, 1.82) is 0 Å². The van der Waals surface area contributed by atoms with Crippen LogP contribution in [0, 0.1) is 0 Å². The number of hydrogen-bond donors (Lipinski definition) is 1. The molecule has 0 saturated heterocycles. The van der Waals surface area contributed by atoms with Crippen molar-refractivity contribution in [2.45, 2.75) is 13.0 Å². The third-order valence-corrected chi connectivity index (χ3v) is 3.68. The molecule has 1 N–H and O–H groups in total. The van der Waals surface area contributed by atoms with Crippen LogP contribution in [-0.4, -0.2) is 39.9 Å². The summed E-state index contributed by atoms with van der Waals surface area (Å²) in [5.74, 6) is 0.687. The third-order valence-electron chi connectivity index (χ3n) is 3.68. The number of rotatable bonds is 5. The normalized spacial score (nSPS) is 16.2. The van der Waals surface area contributed by atoms with E-state index in [1.54, 1.807) is 18.7 Å². The topological polar surface area (TPSA) is 91.2 Å². The molecule has 0 radical (unpaired) electrons. The highest BCUT2D eigenvalue weighted by Gasteiger charge is 2.35. The molecule has 0 aliphatic carbocycles. The van der Waals surface area contributed by atoms with Gasteiger partial charge in [-0.05, 0) is 35.0 Å². The van der Waals surface area contributed by atoms with Gasteiger partial charge in [-0.15, -0.1) is 0 Å². The average molecular weight is 327 g/mol. The van der Waals surface area contributed by atoms with Crippen LogP contribution in [0.4, 0.5) is 5.95 Å². The highest BCUT2D eigenvalue weighted by Crippen LogP contribution is 2.35. The summed E-state index contributed by atoms with van der Waals surface area (Å²) in [6.07, 6.45) is 1.52. The smallest absolute Gasteiger partial charge is 0.338 e. The lowest BCUT2D eigenvalue weighted by atomic mass is 9.95. The van der Waals surface area contributed by atoms with Crippen LogP contribution in [0.15, 0.2) is 48.2 Å². The standard InChI is InChI=1S/C16H17N5O3/c1-4-8-24-15(22)13-10(2)17-16-18-19-20-21(16)14(13)11-6-5-7-12(9-11)23-3/h4-7,9,14H,1,8H2,2-3H3,(H,17,18,20). The number of nitrogens with zero attached hydrogens (tertiary/aromatic N) is 4. The van der Waals surface area contributed by atoms with Gasteiger partial charge in [0.2, 0.25) is 5.95 Å². The molecule has 124 valence electrons. The van der Waals surface area contributed by atoms with E-state index in [9.17, 15) is 4.79 Å². The lowest BCUT2D eigenvalue weighted by Gasteiger charge is -2.27. The zero-order valence-electron chi connectivity index (χ0n) is 13.4. The van der Waals surface area contributed by atoms with Gasteiger partial charge in [0, 0.05) is 5.70 Å². The van der Waals surface area contributed by atoms with Crippen LogP contribution in [-0.2, 0) is 9.53 Å². The summed E-state index contributed by atoms with van der Waals surface area (Å²) in [7, 11) is 1.59. The van der Waals surface area contributed by atoms with E-state index in [4.69, 9.17) is 9.47 Å². The number of benzene rings is 1. The van der Waals surface area contributed by atoms with E-state index in [1.165, 1.54) is 6.08 Å². The number of allylic oxidation sites excluding steroid dienone is 1. The molecule has 1 aliphatic rings. The lowest BCUT2D eigenvalue weighted by molar-refractivity contribution is -0.138. The van der Waals surface area contributed by atoms with Crippen LogP contribution in [0.25, 0.3) is 0 Å². The first kappa shape index (κ1) is 15.7. The summed E-state index contributed by atoms with van der Waals surface area (Å²) in [6.45, 7) is 5.48. The first-order valence-corrected chi connectivity index (χ1v) is 7.33. The highest BCUT2D eigenvalue weighted by molar-refractivity contribution is 5.92. The average Bonchev–Trinajstić information content (AvgIpc) is 3.06. The monoisotopic (exact) mass is 327 g/mol. The molecule has 0 spiro atoms. The van der Waals surface area contributed by atoms with Gasteiger partial charge in [0.15, 0.2) is 0 Å². The molecule has 8 nitrogen and oxygen atoms in total. The molecule has 0 fully saturated rings. The molecule has 2 aromatic rings. The van der Waals surface area contributed by atoms with Gasteiger partial charge in [0.25, 0.3) is 0 Å². The second kappa shape index (κ2) is 6.53. The Balaban J connectivity index is 2.10. The quantitative estimate of drug-likeness (QED) is 0.660. The van der Waals surface area contributed by atoms with Crippen LogP contribution in [0.1, 0.15) is 18.5 Å². The number of ether oxygens (including phenoxy) is 2. The number of nitrogens with one attached hydrogen (secondary N) is 1. The molecule has 24 heavy (non-hydrogen) atoms. The summed E-state index contributed by atoms with van der Waals surface area (Å²) in [5.41, 5.74) is 1.89. The van der Waals surface area contributed by atoms with Gasteiger partial charge >= 0.3 is 5.97 Å². The zero-order valence-corrected chi connectivity index (χ0v) is 13.4. The summed E-state index contributed by atoms with van der Waals surface area (Å²) in [4.78, 5) is 12.6. The Labute approximate surface area is 138 Å². The van der Waals surface area contributed by atoms with E-state index < -0.39 is 12.0 Å². The van der Waals surface area contributed by atoms with Crippen molar-refractivity contribution >= 4 is 11.9 Å². The lowest BCUT2D eigenvalue weighted by Crippen LogP contribution is -2.29. The summed E-state index contributed by atoms with van der Waals surface area (Å²) < 4.78 is 12.1. The van der Waals surface area contributed by atoms with Crippen LogP contribution >= 0.6 is 0 Å². The van der Waals surface area contributed by atoms with Crippen molar-refractivity contribution in [2.24, 2.45) is 0 Å². The highest BCUT2D eigenvalue weighted by atomic mass is 16.5. The number of aromatic nitrogens is 4. The van der Waals surface area contributed by atoms with Crippen LogP contribution in [0.3, 0.4) is 0 Å². The molecule has 1 unspecified atom stereocenters. The van der Waals surface area contributed by atoms with Crippen molar-refractivity contribution in [3.63, 3.8) is 0 Å². The van der Waals surface area contributed by atoms with Crippen molar-refractivity contribution < 1.29 is 14.3 Å². The second-order valence-electron chi connectivity index (χ2n) is 5.18. The van der Waals surface area contributed by atoms with E-state index in [0.717, 1.165) is 5.56 Å². The van der Waals surface area contributed by atoms with Gasteiger partial charge in [-0.25, -0.2) is 4.79 Å². The molecule has 3 rings (SSSR count). The molecular weight excluding hydrogens is 310 g/mol. The Morgan fingerprint density at radius 3 is 3.08 bits per heavy atom. The number of anilines is 1. The van der Waals surface area contributed by atoms with E-state index in [1.807, 2.05) is 24.3 Å². The molecule has 2 heterocycles. The van der Waals surface area contributed by atoms with Gasteiger partial charge in [0.1, 0.15) is 18.4 Å². The number of hydrogen-bond acceptors (Lipinski definition) is 7. The van der Waals surface area contributed by atoms with Crippen molar-refractivity contribution in [2.75, 3.05) is 19.0 Å². The molecular formula is C16H17N5O3. The zero-order chi connectivity index (χ0) is 17.1. The van der Waals surface area contributed by atoms with Gasteiger partial charge in [-0.2, -0.15) is 4.68 Å². The second-order valence-corrected chi connectivity index (χ2v) is 5.18. The Kier molecular flexibility index (Phi) is 4.28. The summed E-state index contributed by atoms with van der Waals surface area (Å²) in [6, 6.07) is 6.90. The van der Waals surface area contributed by atoms with E-state index in [-0.39, 0.29) is 6.61 Å². The number of tetrazole rings is 1. The molecule has 0 saturated carbocycles. The first-order chi connectivity index (χ1) is 11.7. The largest absolute Gasteiger partial charge is 0.497 e. The number of fused-ring (bicyclic) bond motifs is 1. The molecule has 8 heteroatoms. The molecule has 0 bridgehead atoms. The number of esters is 1. The van der Waals surface area contributed by atoms with E-state index in [0.29, 0.717) is 23.0 Å². The Morgan fingerprint density at radius 2 is 2.33 bits per heavy atom. The van der Waals surface area contributed by atoms with Gasteiger partial charge in [-0.1, -0.05) is 29.9 Å². The van der Waals surface area contributed by atoms with Crippen molar-refractivity contribution in [1.82, 2.24) is 20.2 Å². The Hall–Kier alpha value is -3.16. The maximum absolute atomic E-state index is 12.6. The summed E-state index contributed by atoms with van der Waals surface area (Å²) in [5, 5.41) is 14.7. The fourth-order valence-electron chi connectivity index (χ4n) is 2.61. The van der Waals surface area contributed by atoms with E-state index in [2.05, 4.69) is 27.4 Å². The minimum atomic E-state index is -0.510. The Morgan fingerprint density at radius 1 is 1.50 bits per heavy atom. The fraction of sp³-hybridized carbons (Fsp3) is 0.250. The fourth-order valence-corrected chi connectivity index (χ4v) is 2.61. The molecule has 1 aromatic heterocycles. The minimum Gasteiger partial charge on any atom is -0.497 e. The first-order valence-electron chi connectivity index (χ1n) is 7.33. The van der Waals surface area contributed by atoms with Crippen molar-refractivity contribution in [3.05, 3.63) is 53.8 Å². The number of methoxy groups -OCH3 is 1. The molecule has 1 atom stereocenters. The minimum absolute atomic E-state index is 0.128.